The number of nitrogens with one attached hydrogen (secondary N) is 1. The van der Waals surface area contributed by atoms with Gasteiger partial charge >= 0.3 is 0 Å². The maximum Gasteiger partial charge on any atom is 0.226 e. The van der Waals surface area contributed by atoms with Gasteiger partial charge in [-0.05, 0) is 12.8 Å². The Morgan fingerprint density at radius 2 is 1.90 bits per heavy atom. The molecule has 5 nitrogen and oxygen atoms in total. The van der Waals surface area contributed by atoms with Crippen LogP contribution in [0.4, 0.5) is 5.13 Å². The van der Waals surface area contributed by atoms with Crippen LogP contribution in [0.15, 0.2) is 30.3 Å². The van der Waals surface area contributed by atoms with Gasteiger partial charge in [0.25, 0.3) is 0 Å². The van der Waals surface area contributed by atoms with Gasteiger partial charge in [-0.15, -0.1) is 10.2 Å². The second-order valence-corrected chi connectivity index (χ2v) is 6.07. The number of Topliss-reactive ketones (excluding diaryl/α,β-unsaturated/α-hetero) is 1. The standard InChI is InChI=1S/C15H15N3O2S/c19-12(10-4-2-1-3-5-10)8-9-13(20)16-15-18-17-14(21-15)11-6-7-11/h1-5,11H,6-9H2,(H,16,18,20). The van der Waals surface area contributed by atoms with Gasteiger partial charge in [0.1, 0.15) is 5.01 Å². The van der Waals surface area contributed by atoms with Crippen LogP contribution in [0.25, 0.3) is 0 Å². The summed E-state index contributed by atoms with van der Waals surface area (Å²) in [5, 5.41) is 12.2. The molecule has 0 atom stereocenters. The van der Waals surface area contributed by atoms with Gasteiger partial charge in [0.2, 0.25) is 11.0 Å². The molecule has 1 amide bonds. The largest absolute Gasteiger partial charge is 0.301 e. The van der Waals surface area contributed by atoms with Crippen LogP contribution in [0, 0.1) is 0 Å². The highest BCUT2D eigenvalue weighted by Crippen LogP contribution is 2.42. The Morgan fingerprint density at radius 1 is 1.14 bits per heavy atom. The first-order valence-electron chi connectivity index (χ1n) is 6.94. The highest BCUT2D eigenvalue weighted by atomic mass is 32.1. The van der Waals surface area contributed by atoms with Crippen molar-refractivity contribution in [3.8, 4) is 0 Å². The minimum absolute atomic E-state index is 0.0262. The zero-order chi connectivity index (χ0) is 14.7. The van der Waals surface area contributed by atoms with Crippen molar-refractivity contribution in [2.24, 2.45) is 0 Å². The van der Waals surface area contributed by atoms with E-state index in [0.29, 0.717) is 16.6 Å². The van der Waals surface area contributed by atoms with E-state index in [1.807, 2.05) is 18.2 Å². The summed E-state index contributed by atoms with van der Waals surface area (Å²) in [6.07, 6.45) is 2.68. The molecule has 21 heavy (non-hydrogen) atoms. The van der Waals surface area contributed by atoms with Crippen molar-refractivity contribution in [2.45, 2.75) is 31.6 Å². The Balaban J connectivity index is 1.48. The fraction of sp³-hybridized carbons (Fsp3) is 0.333. The van der Waals surface area contributed by atoms with Crippen LogP contribution in [0.3, 0.4) is 0 Å². The molecule has 0 unspecified atom stereocenters. The van der Waals surface area contributed by atoms with Crippen molar-refractivity contribution in [2.75, 3.05) is 5.32 Å². The van der Waals surface area contributed by atoms with Gasteiger partial charge in [-0.2, -0.15) is 0 Å². The van der Waals surface area contributed by atoms with Gasteiger partial charge in [0.15, 0.2) is 5.78 Å². The highest BCUT2D eigenvalue weighted by molar-refractivity contribution is 7.15. The number of aromatic nitrogens is 2. The summed E-state index contributed by atoms with van der Waals surface area (Å²) >= 11 is 1.42. The molecule has 0 spiro atoms. The summed E-state index contributed by atoms with van der Waals surface area (Å²) in [7, 11) is 0. The van der Waals surface area contributed by atoms with Gasteiger partial charge in [-0.25, -0.2) is 0 Å². The van der Waals surface area contributed by atoms with E-state index in [1.54, 1.807) is 12.1 Å². The fourth-order valence-corrected chi connectivity index (χ4v) is 2.89. The van der Waals surface area contributed by atoms with Gasteiger partial charge in [0, 0.05) is 24.3 Å². The molecule has 1 aromatic carbocycles. The number of benzene rings is 1. The molecule has 1 aliphatic carbocycles. The normalized spacial score (nSPS) is 13.9. The van der Waals surface area contributed by atoms with E-state index in [-0.39, 0.29) is 24.5 Å². The topological polar surface area (TPSA) is 72.0 Å². The summed E-state index contributed by atoms with van der Waals surface area (Å²) in [4.78, 5) is 23.7. The molecule has 0 saturated heterocycles. The van der Waals surface area contributed by atoms with Crippen LogP contribution < -0.4 is 5.32 Å². The summed E-state index contributed by atoms with van der Waals surface area (Å²) in [5.41, 5.74) is 0.636. The van der Waals surface area contributed by atoms with Crippen molar-refractivity contribution in [3.63, 3.8) is 0 Å². The van der Waals surface area contributed by atoms with Crippen LogP contribution in [0.2, 0.25) is 0 Å². The quantitative estimate of drug-likeness (QED) is 0.832. The highest BCUT2D eigenvalue weighted by Gasteiger charge is 2.27. The van der Waals surface area contributed by atoms with Crippen LogP contribution in [0.5, 0.6) is 0 Å². The first kappa shape index (κ1) is 13.9. The van der Waals surface area contributed by atoms with Crippen LogP contribution in [0.1, 0.15) is 47.0 Å². The Hall–Kier alpha value is -2.08. The molecule has 1 fully saturated rings. The molecule has 1 N–H and O–H groups in total. The number of carbonyl (C=O) groups excluding carboxylic acids is 2. The number of hydrogen-bond donors (Lipinski definition) is 1. The van der Waals surface area contributed by atoms with Gasteiger partial charge in [0.05, 0.1) is 0 Å². The van der Waals surface area contributed by atoms with E-state index >= 15 is 0 Å². The maximum absolute atomic E-state index is 11.9. The van der Waals surface area contributed by atoms with E-state index in [0.717, 1.165) is 17.8 Å². The van der Waals surface area contributed by atoms with E-state index in [4.69, 9.17) is 0 Å². The monoisotopic (exact) mass is 301 g/mol. The molecule has 6 heteroatoms. The Morgan fingerprint density at radius 3 is 2.62 bits per heavy atom. The molecule has 0 radical (unpaired) electrons. The first-order valence-corrected chi connectivity index (χ1v) is 7.75. The number of rotatable bonds is 6. The van der Waals surface area contributed by atoms with Crippen LogP contribution >= 0.6 is 11.3 Å². The molecule has 1 saturated carbocycles. The lowest BCUT2D eigenvalue weighted by atomic mass is 10.1. The summed E-state index contributed by atoms with van der Waals surface area (Å²) in [5.74, 6) is 0.312. The van der Waals surface area contributed by atoms with Gasteiger partial charge < -0.3 is 5.32 Å². The number of anilines is 1. The average Bonchev–Trinajstić information content (AvgIpc) is 3.26. The third-order valence-electron chi connectivity index (χ3n) is 3.29. The number of amides is 1. The summed E-state index contributed by atoms with van der Waals surface area (Å²) < 4.78 is 0. The van der Waals surface area contributed by atoms with E-state index in [1.165, 1.54) is 11.3 Å². The van der Waals surface area contributed by atoms with Crippen LogP contribution in [-0.2, 0) is 4.79 Å². The van der Waals surface area contributed by atoms with Crippen LogP contribution in [-0.4, -0.2) is 21.9 Å². The SMILES string of the molecule is O=C(CCC(=O)c1ccccc1)Nc1nnc(C2CC2)s1. The summed E-state index contributed by atoms with van der Waals surface area (Å²) in [6.45, 7) is 0. The van der Waals surface area contributed by atoms with Crippen molar-refractivity contribution in [3.05, 3.63) is 40.9 Å². The molecule has 108 valence electrons. The zero-order valence-electron chi connectivity index (χ0n) is 11.4. The Kier molecular flexibility index (Phi) is 4.06. The smallest absolute Gasteiger partial charge is 0.226 e. The second kappa shape index (κ2) is 6.13. The lowest BCUT2D eigenvalue weighted by molar-refractivity contribution is -0.116. The third kappa shape index (κ3) is 3.72. The average molecular weight is 301 g/mol. The molecule has 1 heterocycles. The predicted octanol–water partition coefficient (Wildman–Crippen LogP) is 3.02. The molecule has 3 rings (SSSR count). The lowest BCUT2D eigenvalue weighted by Gasteiger charge is -2.01. The lowest BCUT2D eigenvalue weighted by Crippen LogP contribution is -2.13. The maximum atomic E-state index is 11.9. The molecule has 0 aliphatic heterocycles. The first-order chi connectivity index (χ1) is 10.2. The second-order valence-electron chi connectivity index (χ2n) is 5.06. The molecule has 1 aliphatic rings. The van der Waals surface area contributed by atoms with Crippen molar-refractivity contribution < 1.29 is 9.59 Å². The zero-order valence-corrected chi connectivity index (χ0v) is 12.2. The third-order valence-corrected chi connectivity index (χ3v) is 4.29. The van der Waals surface area contributed by atoms with E-state index in [2.05, 4.69) is 15.5 Å². The Bertz CT molecular complexity index is 650. The predicted molar refractivity (Wildman–Crippen MR) is 80.5 cm³/mol. The number of hydrogen-bond acceptors (Lipinski definition) is 5. The molecule has 0 bridgehead atoms. The summed E-state index contributed by atoms with van der Waals surface area (Å²) in [6, 6.07) is 9.00. The Labute approximate surface area is 126 Å². The molecular formula is C15H15N3O2S. The van der Waals surface area contributed by atoms with Gasteiger partial charge in [-0.3, -0.25) is 9.59 Å². The van der Waals surface area contributed by atoms with Crippen molar-refractivity contribution in [1.82, 2.24) is 10.2 Å². The number of carbonyl (C=O) groups is 2. The number of ketones is 1. The molecule has 2 aromatic rings. The van der Waals surface area contributed by atoms with E-state index in [9.17, 15) is 9.59 Å². The van der Waals surface area contributed by atoms with Crippen molar-refractivity contribution >= 4 is 28.2 Å². The van der Waals surface area contributed by atoms with E-state index < -0.39 is 0 Å². The molecule has 1 aromatic heterocycles. The number of nitrogens with zero attached hydrogens (tertiary/aromatic N) is 2. The van der Waals surface area contributed by atoms with Crippen molar-refractivity contribution in [1.29, 1.82) is 0 Å². The fourth-order valence-electron chi connectivity index (χ4n) is 1.96. The molecular weight excluding hydrogens is 286 g/mol. The minimum Gasteiger partial charge on any atom is -0.301 e. The minimum atomic E-state index is -0.197. The van der Waals surface area contributed by atoms with Gasteiger partial charge in [-0.1, -0.05) is 41.7 Å².